The summed E-state index contributed by atoms with van der Waals surface area (Å²) in [7, 11) is 1.75. The van der Waals surface area contributed by atoms with Gasteiger partial charge in [-0.2, -0.15) is 0 Å². The minimum absolute atomic E-state index is 0. The van der Waals surface area contributed by atoms with Crippen molar-refractivity contribution in [3.63, 3.8) is 0 Å². The van der Waals surface area contributed by atoms with Crippen LogP contribution in [0.25, 0.3) is 0 Å². The molecule has 0 bridgehead atoms. The molecule has 0 spiro atoms. The summed E-state index contributed by atoms with van der Waals surface area (Å²) < 4.78 is 0. The van der Waals surface area contributed by atoms with Crippen LogP contribution in [0.1, 0.15) is 0 Å². The molecule has 0 saturated carbocycles. The Kier molecular flexibility index (Phi) is 3.31. The van der Waals surface area contributed by atoms with Crippen LogP contribution in [0.3, 0.4) is 0 Å². The van der Waals surface area contributed by atoms with Gasteiger partial charge in [-0.25, -0.2) is 0 Å². The van der Waals surface area contributed by atoms with E-state index in [4.69, 9.17) is 0 Å². The summed E-state index contributed by atoms with van der Waals surface area (Å²) in [5.41, 5.74) is 0. The van der Waals surface area contributed by atoms with Crippen molar-refractivity contribution in [2.75, 3.05) is 0 Å². The van der Waals surface area contributed by atoms with Gasteiger partial charge in [0, 0.05) is 0 Å². The van der Waals surface area contributed by atoms with Gasteiger partial charge in [-0.05, 0) is 0 Å². The molecular weight excluding hydrogens is 67.8 g/mol. The van der Waals surface area contributed by atoms with Gasteiger partial charge in [0.2, 0.25) is 0 Å². The maximum atomic E-state index is 2.81. The van der Waals surface area contributed by atoms with Gasteiger partial charge in [-0.3, -0.25) is 0 Å². The van der Waals surface area contributed by atoms with Crippen LogP contribution in [-0.2, 0) is 0 Å². The summed E-state index contributed by atoms with van der Waals surface area (Å²) in [6, 6.07) is 1.82. The van der Waals surface area contributed by atoms with Gasteiger partial charge in [-0.1, -0.05) is 0 Å². The Morgan fingerprint density at radius 1 is 1.67 bits per heavy atom. The molecule has 0 fully saturated rings. The Morgan fingerprint density at radius 3 is 2.67 bits per heavy atom. The first kappa shape index (κ1) is 6.07. The average molecular weight is 70.8 g/mol. The average Bonchev–Trinajstić information content (AvgIpc) is 1.76. The predicted molar refractivity (Wildman–Crippen MR) is 21.0 cm³/mol. The fourth-order valence-electron chi connectivity index (χ4n) is 0.241. The van der Waals surface area contributed by atoms with Crippen molar-refractivity contribution in [1.82, 2.24) is 4.89 Å². The summed E-state index contributed by atoms with van der Waals surface area (Å²) in [4.78, 5) is 2.81. The van der Waals surface area contributed by atoms with E-state index in [9.17, 15) is 0 Å². The number of hydrogen-bond donors (Lipinski definition) is 1. The van der Waals surface area contributed by atoms with Crippen molar-refractivity contribution >= 4 is 7.05 Å². The molecule has 0 saturated heterocycles. The van der Waals surface area contributed by atoms with E-state index < -0.39 is 0 Å². The third-order valence-electron chi connectivity index (χ3n) is 0.442. The third-order valence-corrected chi connectivity index (χ3v) is 0.442. The standard InChI is InChI=1S/C3H3BN.Li/c1-2-4-5-3-1;/h1,3,5H;/q-1;+1. The molecule has 1 heterocycles. The Bertz CT molecular complexity index is 67.3. The van der Waals surface area contributed by atoms with Crippen LogP contribution in [0.5, 0.6) is 0 Å². The molecular formula is C3H3BLiN. The normalized spacial score (nSPS) is 6.00. The van der Waals surface area contributed by atoms with Gasteiger partial charge in [0.25, 0.3) is 0 Å². The molecule has 3 heteroatoms. The monoisotopic (exact) mass is 71.1 g/mol. The van der Waals surface area contributed by atoms with Crippen LogP contribution in [-0.4, -0.2) is 11.9 Å². The molecule has 1 nitrogen and oxygen atoms in total. The molecule has 6 heavy (non-hydrogen) atoms. The number of H-pyrrole nitrogens is 1. The van der Waals surface area contributed by atoms with E-state index in [0.29, 0.717) is 0 Å². The van der Waals surface area contributed by atoms with E-state index >= 15 is 0 Å². The van der Waals surface area contributed by atoms with Crippen molar-refractivity contribution in [3.8, 4) is 0 Å². The molecule has 0 aromatic carbocycles. The molecule has 0 aliphatic carbocycles. The topological polar surface area (TPSA) is 15.8 Å². The predicted octanol–water partition coefficient (Wildman–Crippen LogP) is -2.84. The quantitative estimate of drug-likeness (QED) is 0.250. The van der Waals surface area contributed by atoms with Crippen molar-refractivity contribution in [2.24, 2.45) is 0 Å². The molecule has 1 N–H and O–H groups in total. The van der Waals surface area contributed by atoms with Crippen LogP contribution in [0.15, 0.2) is 12.3 Å². The molecule has 0 aliphatic heterocycles. The number of nitrogens with one attached hydrogen (secondary N) is 1. The van der Waals surface area contributed by atoms with Crippen LogP contribution in [0.2, 0.25) is 0 Å². The molecule has 1 aromatic heterocycles. The van der Waals surface area contributed by atoms with Gasteiger partial charge in [-0.15, -0.1) is 0 Å². The Morgan fingerprint density at radius 2 is 2.50 bits per heavy atom. The molecule has 24 valence electrons. The summed E-state index contributed by atoms with van der Waals surface area (Å²) >= 11 is 0. The van der Waals surface area contributed by atoms with E-state index in [1.54, 1.807) is 7.05 Å². The molecule has 1 aromatic rings. The van der Waals surface area contributed by atoms with Crippen LogP contribution >= 0.6 is 0 Å². The molecule has 0 unspecified atom stereocenters. The van der Waals surface area contributed by atoms with Crippen molar-refractivity contribution < 1.29 is 18.9 Å². The summed E-state index contributed by atoms with van der Waals surface area (Å²) in [6.07, 6.45) is 1.82. The molecule has 0 aliphatic rings. The zero-order valence-corrected chi connectivity index (χ0v) is 3.73. The van der Waals surface area contributed by atoms with Crippen molar-refractivity contribution in [1.29, 1.82) is 0 Å². The van der Waals surface area contributed by atoms with E-state index in [0.717, 1.165) is 0 Å². The fourth-order valence-corrected chi connectivity index (χ4v) is 0.241. The second-order valence-corrected chi connectivity index (χ2v) is 0.811. The van der Waals surface area contributed by atoms with Gasteiger partial charge >= 0.3 is 49.0 Å². The number of rotatable bonds is 0. The molecule has 0 atom stereocenters. The molecule has 1 rings (SSSR count). The van der Waals surface area contributed by atoms with Gasteiger partial charge < -0.3 is 0 Å². The first-order valence-electron chi connectivity index (χ1n) is 1.49. The van der Waals surface area contributed by atoms with Crippen molar-refractivity contribution in [3.05, 3.63) is 18.2 Å². The molecule has 0 amide bonds. The van der Waals surface area contributed by atoms with E-state index in [-0.39, 0.29) is 18.9 Å². The fraction of sp³-hybridized carbons (Fsp3) is 0. The van der Waals surface area contributed by atoms with E-state index in [1.165, 1.54) is 0 Å². The summed E-state index contributed by atoms with van der Waals surface area (Å²) in [6.45, 7) is 0. The first-order chi connectivity index (χ1) is 2.50. The zero-order valence-electron chi connectivity index (χ0n) is 3.73. The minimum atomic E-state index is 0. The number of aromatic nitrogens is 1. The van der Waals surface area contributed by atoms with Crippen LogP contribution in [0.4, 0.5) is 0 Å². The summed E-state index contributed by atoms with van der Waals surface area (Å²) in [5, 5.41) is 0. The second kappa shape index (κ2) is 3.27. The zero-order chi connectivity index (χ0) is 3.54. The number of aromatic amines is 1. The first-order valence-corrected chi connectivity index (χ1v) is 1.49. The van der Waals surface area contributed by atoms with Gasteiger partial charge in [0.05, 0.1) is 0 Å². The second-order valence-electron chi connectivity index (χ2n) is 0.811. The van der Waals surface area contributed by atoms with Crippen LogP contribution in [0, 0.1) is 5.96 Å². The SMILES string of the molecule is [Li+].b1[c-]cc[nH]1. The van der Waals surface area contributed by atoms with Crippen LogP contribution < -0.4 is 18.9 Å². The third kappa shape index (κ3) is 1.49. The molecule has 0 radical (unpaired) electrons. The van der Waals surface area contributed by atoms with Gasteiger partial charge in [0.15, 0.2) is 0 Å². The van der Waals surface area contributed by atoms with Gasteiger partial charge in [0.1, 0.15) is 0 Å². The maximum absolute atomic E-state index is 2.81. The van der Waals surface area contributed by atoms with Crippen molar-refractivity contribution in [2.45, 2.75) is 0 Å². The van der Waals surface area contributed by atoms with E-state index in [2.05, 4.69) is 10.9 Å². The number of hydrogen-bond acceptors (Lipinski definition) is 0. The Balaban J connectivity index is 0.000000250. The van der Waals surface area contributed by atoms with E-state index in [1.807, 2.05) is 12.3 Å². The Labute approximate surface area is 49.6 Å². The Hall–Kier alpha value is 0.0723. The summed E-state index contributed by atoms with van der Waals surface area (Å²) in [5.74, 6) is 2.81.